The van der Waals surface area contributed by atoms with E-state index in [2.05, 4.69) is 17.6 Å². The van der Waals surface area contributed by atoms with Crippen molar-refractivity contribution in [3.05, 3.63) is 35.9 Å². The van der Waals surface area contributed by atoms with Gasteiger partial charge in [-0.25, -0.2) is 0 Å². The zero-order valence-corrected chi connectivity index (χ0v) is 13.3. The molecule has 1 aromatic rings. The number of rotatable bonds is 6. The molecule has 2 rings (SSSR count). The van der Waals surface area contributed by atoms with Crippen LogP contribution >= 0.6 is 0 Å². The minimum Gasteiger partial charge on any atom is -0.355 e. The maximum absolute atomic E-state index is 12.0. The van der Waals surface area contributed by atoms with E-state index >= 15 is 0 Å². The fraction of sp³-hybridized carbons (Fsp3) is 0.562. The number of carbonyl (C=O) groups is 1. The maximum atomic E-state index is 12.0. The van der Waals surface area contributed by atoms with Crippen molar-refractivity contribution in [2.75, 3.05) is 18.8 Å². The van der Waals surface area contributed by atoms with Gasteiger partial charge in [-0.15, -0.1) is 0 Å². The van der Waals surface area contributed by atoms with Gasteiger partial charge < -0.3 is 10.6 Å². The second-order valence-electron chi connectivity index (χ2n) is 5.64. The Hall–Kier alpha value is -1.20. The first-order valence-corrected chi connectivity index (χ1v) is 9.04. The third kappa shape index (κ3) is 5.59. The van der Waals surface area contributed by atoms with Gasteiger partial charge >= 0.3 is 0 Å². The minimum atomic E-state index is -0.926. The number of hydrogen-bond acceptors (Lipinski definition) is 3. The molecule has 1 heterocycles. The molecule has 4 nitrogen and oxygen atoms in total. The zero-order chi connectivity index (χ0) is 15.1. The van der Waals surface area contributed by atoms with Crippen molar-refractivity contribution in [2.24, 2.45) is 5.92 Å². The van der Waals surface area contributed by atoms with Gasteiger partial charge in [-0.2, -0.15) is 0 Å². The zero-order valence-electron chi connectivity index (χ0n) is 12.5. The second-order valence-corrected chi connectivity index (χ2v) is 7.22. The summed E-state index contributed by atoms with van der Waals surface area (Å²) in [5.41, 5.74) is 1.08. The van der Waals surface area contributed by atoms with Gasteiger partial charge in [-0.3, -0.25) is 9.00 Å². The summed E-state index contributed by atoms with van der Waals surface area (Å²) in [7, 11) is -0.926. The number of nitrogens with one attached hydrogen (secondary N) is 2. The fourth-order valence-corrected chi connectivity index (χ4v) is 3.67. The Morgan fingerprint density at radius 3 is 2.86 bits per heavy atom. The van der Waals surface area contributed by atoms with Crippen LogP contribution in [-0.4, -0.2) is 35.0 Å². The molecule has 1 saturated heterocycles. The minimum absolute atomic E-state index is 0.101. The lowest BCUT2D eigenvalue weighted by molar-refractivity contribution is -0.125. The first kappa shape index (κ1) is 16.2. The third-order valence-electron chi connectivity index (χ3n) is 3.79. The molecule has 21 heavy (non-hydrogen) atoms. The van der Waals surface area contributed by atoms with Crippen molar-refractivity contribution in [3.63, 3.8) is 0 Å². The summed E-state index contributed by atoms with van der Waals surface area (Å²) < 4.78 is 12.0. The first-order valence-electron chi connectivity index (χ1n) is 7.55. The van der Waals surface area contributed by atoms with E-state index in [-0.39, 0.29) is 11.8 Å². The van der Waals surface area contributed by atoms with Gasteiger partial charge in [0, 0.05) is 40.8 Å². The van der Waals surface area contributed by atoms with Gasteiger partial charge in [0.15, 0.2) is 0 Å². The molecule has 1 amide bonds. The van der Waals surface area contributed by atoms with E-state index < -0.39 is 10.8 Å². The van der Waals surface area contributed by atoms with E-state index in [1.54, 1.807) is 0 Å². The number of piperidine rings is 1. The van der Waals surface area contributed by atoms with Crippen LogP contribution in [0.1, 0.15) is 25.3 Å². The standard InChI is InChI=1S/C16H24N2O2S/c1-13-11-15(7-8-17-13)16(19)18-9-10-21(20)12-14-5-3-2-4-6-14/h2-6,13,15,17H,7-12H2,1H3,(H,18,19)/t13-,15-,21?/m0/s1. The molecule has 0 bridgehead atoms. The van der Waals surface area contributed by atoms with Crippen LogP contribution in [0, 0.1) is 5.92 Å². The fourth-order valence-electron chi connectivity index (χ4n) is 2.63. The Bertz CT molecular complexity index is 478. The smallest absolute Gasteiger partial charge is 0.223 e. The molecule has 5 heteroatoms. The topological polar surface area (TPSA) is 58.2 Å². The summed E-state index contributed by atoms with van der Waals surface area (Å²) in [6.07, 6.45) is 1.78. The Balaban J connectivity index is 1.66. The van der Waals surface area contributed by atoms with Crippen molar-refractivity contribution in [1.82, 2.24) is 10.6 Å². The first-order chi connectivity index (χ1) is 10.1. The second kappa shape index (κ2) is 8.29. The van der Waals surface area contributed by atoms with Crippen molar-refractivity contribution < 1.29 is 9.00 Å². The number of hydrogen-bond donors (Lipinski definition) is 2. The molecular weight excluding hydrogens is 284 g/mol. The maximum Gasteiger partial charge on any atom is 0.223 e. The van der Waals surface area contributed by atoms with E-state index in [4.69, 9.17) is 0 Å². The van der Waals surface area contributed by atoms with Crippen molar-refractivity contribution in [1.29, 1.82) is 0 Å². The molecule has 116 valence electrons. The average Bonchev–Trinajstić information content (AvgIpc) is 2.48. The van der Waals surface area contributed by atoms with Crippen LogP contribution in [0.15, 0.2) is 30.3 Å². The number of carbonyl (C=O) groups excluding carboxylic acids is 1. The van der Waals surface area contributed by atoms with Crippen LogP contribution in [0.3, 0.4) is 0 Å². The summed E-state index contributed by atoms with van der Waals surface area (Å²) in [5, 5.41) is 6.27. The highest BCUT2D eigenvalue weighted by atomic mass is 32.2. The molecule has 1 aromatic carbocycles. The molecule has 1 unspecified atom stereocenters. The summed E-state index contributed by atoms with van der Waals surface area (Å²) in [4.78, 5) is 12.0. The van der Waals surface area contributed by atoms with Crippen LogP contribution in [0.2, 0.25) is 0 Å². The highest BCUT2D eigenvalue weighted by Crippen LogP contribution is 2.15. The molecule has 0 spiro atoms. The van der Waals surface area contributed by atoms with E-state index in [0.717, 1.165) is 24.9 Å². The molecule has 1 aliphatic heterocycles. The highest BCUT2D eigenvalue weighted by molar-refractivity contribution is 7.84. The Labute approximate surface area is 129 Å². The normalized spacial score (nSPS) is 23.5. The predicted octanol–water partition coefficient (Wildman–Crippen LogP) is 1.44. The van der Waals surface area contributed by atoms with E-state index in [1.165, 1.54) is 0 Å². The molecule has 0 aromatic heterocycles. The van der Waals surface area contributed by atoms with Crippen LogP contribution in [0.5, 0.6) is 0 Å². The van der Waals surface area contributed by atoms with Crippen LogP contribution in [-0.2, 0) is 21.3 Å². The van der Waals surface area contributed by atoms with Gasteiger partial charge in [0.25, 0.3) is 0 Å². The number of benzene rings is 1. The van der Waals surface area contributed by atoms with Gasteiger partial charge in [0.1, 0.15) is 0 Å². The van der Waals surface area contributed by atoms with Gasteiger partial charge in [0.05, 0.1) is 0 Å². The lowest BCUT2D eigenvalue weighted by atomic mass is 9.92. The lowest BCUT2D eigenvalue weighted by Gasteiger charge is -2.27. The molecular formula is C16H24N2O2S. The summed E-state index contributed by atoms with van der Waals surface area (Å²) >= 11 is 0. The Kier molecular flexibility index (Phi) is 6.39. The highest BCUT2D eigenvalue weighted by Gasteiger charge is 2.24. The monoisotopic (exact) mass is 308 g/mol. The van der Waals surface area contributed by atoms with Gasteiger partial charge in [0.2, 0.25) is 5.91 Å². The van der Waals surface area contributed by atoms with Crippen molar-refractivity contribution in [2.45, 2.75) is 31.6 Å². The third-order valence-corrected chi connectivity index (χ3v) is 5.11. The summed E-state index contributed by atoms with van der Waals surface area (Å²) in [5.74, 6) is 1.28. The summed E-state index contributed by atoms with van der Waals surface area (Å²) in [6, 6.07) is 10.2. The molecule has 0 saturated carbocycles. The number of amides is 1. The Morgan fingerprint density at radius 1 is 1.38 bits per heavy atom. The van der Waals surface area contributed by atoms with E-state index in [9.17, 15) is 9.00 Å². The quantitative estimate of drug-likeness (QED) is 0.836. The van der Waals surface area contributed by atoms with Gasteiger partial charge in [-0.1, -0.05) is 30.3 Å². The molecule has 1 fully saturated rings. The molecule has 3 atom stereocenters. The van der Waals surface area contributed by atoms with Crippen molar-refractivity contribution >= 4 is 16.7 Å². The summed E-state index contributed by atoms with van der Waals surface area (Å²) in [6.45, 7) is 3.50. The van der Waals surface area contributed by atoms with Crippen LogP contribution in [0.25, 0.3) is 0 Å². The molecule has 1 aliphatic rings. The van der Waals surface area contributed by atoms with E-state index in [0.29, 0.717) is 24.1 Å². The average molecular weight is 308 g/mol. The van der Waals surface area contributed by atoms with Gasteiger partial charge in [-0.05, 0) is 31.9 Å². The SMILES string of the molecule is C[C@H]1C[C@@H](C(=O)NCCS(=O)Cc2ccccc2)CCN1. The predicted molar refractivity (Wildman–Crippen MR) is 86.4 cm³/mol. The largest absolute Gasteiger partial charge is 0.355 e. The lowest BCUT2D eigenvalue weighted by Crippen LogP contribution is -2.43. The van der Waals surface area contributed by atoms with Crippen LogP contribution in [0.4, 0.5) is 0 Å². The molecule has 2 N–H and O–H groups in total. The van der Waals surface area contributed by atoms with Crippen molar-refractivity contribution in [3.8, 4) is 0 Å². The molecule has 0 aliphatic carbocycles. The Morgan fingerprint density at radius 2 is 2.14 bits per heavy atom. The molecule has 0 radical (unpaired) electrons. The van der Waals surface area contributed by atoms with Crippen LogP contribution < -0.4 is 10.6 Å². The van der Waals surface area contributed by atoms with E-state index in [1.807, 2.05) is 30.3 Å².